The van der Waals surface area contributed by atoms with E-state index in [1.807, 2.05) is 0 Å². The second kappa shape index (κ2) is 6.19. The molecule has 0 aliphatic carbocycles. The minimum Gasteiger partial charge on any atom is -0.350 e. The number of thiophene rings is 1. The molecule has 0 saturated heterocycles. The second-order valence-corrected chi connectivity index (χ2v) is 6.80. The third-order valence-corrected chi connectivity index (χ3v) is 5.07. The molecule has 0 bridgehead atoms. The lowest BCUT2D eigenvalue weighted by molar-refractivity contribution is -0.121. The normalized spacial score (nSPS) is 13.3. The van der Waals surface area contributed by atoms with Crippen LogP contribution in [0, 0.1) is 0 Å². The van der Waals surface area contributed by atoms with Crippen molar-refractivity contribution in [2.75, 3.05) is 6.54 Å². The van der Waals surface area contributed by atoms with Crippen LogP contribution in [0.25, 0.3) is 10.2 Å². The zero-order chi connectivity index (χ0) is 18.3. The fraction of sp³-hybridized carbons (Fsp3) is 0.118. The number of fused-ring (bicyclic) bond motifs is 2. The van der Waals surface area contributed by atoms with E-state index in [9.17, 15) is 19.2 Å². The topological polar surface area (TPSA) is 112 Å². The zero-order valence-corrected chi connectivity index (χ0v) is 14.1. The summed E-state index contributed by atoms with van der Waals surface area (Å²) in [6.07, 6.45) is 1.33. The molecule has 130 valence electrons. The fourth-order valence-electron chi connectivity index (χ4n) is 2.77. The van der Waals surface area contributed by atoms with Crippen LogP contribution >= 0.6 is 11.3 Å². The van der Waals surface area contributed by atoms with E-state index in [0.717, 1.165) is 9.78 Å². The van der Waals surface area contributed by atoms with Crippen LogP contribution in [0.2, 0.25) is 0 Å². The number of aromatic amines is 1. The second-order valence-electron chi connectivity index (χ2n) is 5.68. The van der Waals surface area contributed by atoms with Gasteiger partial charge in [0.25, 0.3) is 17.4 Å². The van der Waals surface area contributed by atoms with Gasteiger partial charge in [0.2, 0.25) is 5.91 Å². The van der Waals surface area contributed by atoms with Gasteiger partial charge in [0, 0.05) is 4.88 Å². The lowest BCUT2D eigenvalue weighted by Gasteiger charge is -2.13. The van der Waals surface area contributed by atoms with Gasteiger partial charge in [-0.25, -0.2) is 4.98 Å². The zero-order valence-electron chi connectivity index (χ0n) is 13.3. The van der Waals surface area contributed by atoms with Gasteiger partial charge in [-0.1, -0.05) is 12.1 Å². The van der Waals surface area contributed by atoms with Crippen LogP contribution < -0.4 is 10.9 Å². The molecule has 3 aromatic rings. The van der Waals surface area contributed by atoms with E-state index in [4.69, 9.17) is 0 Å². The molecule has 4 rings (SSSR count). The molecule has 26 heavy (non-hydrogen) atoms. The van der Waals surface area contributed by atoms with Crippen molar-refractivity contribution in [3.63, 3.8) is 0 Å². The predicted molar refractivity (Wildman–Crippen MR) is 93.9 cm³/mol. The highest BCUT2D eigenvalue weighted by atomic mass is 32.1. The first-order valence-corrected chi connectivity index (χ1v) is 8.54. The molecule has 8 nitrogen and oxygen atoms in total. The summed E-state index contributed by atoms with van der Waals surface area (Å²) in [6.45, 7) is -0.168. The van der Waals surface area contributed by atoms with Crippen molar-refractivity contribution in [1.82, 2.24) is 20.2 Å². The number of nitrogens with zero attached hydrogens (tertiary/aromatic N) is 2. The maximum Gasteiger partial charge on any atom is 0.262 e. The third-order valence-electron chi connectivity index (χ3n) is 4.03. The average Bonchev–Trinajstić information content (AvgIpc) is 3.16. The molecule has 2 N–H and O–H groups in total. The summed E-state index contributed by atoms with van der Waals surface area (Å²) in [6, 6.07) is 8.13. The SMILES string of the molecule is O=C(CN1C(=O)c2ccccc2C1=O)NCc1cc2c(=O)[nH]cnc2s1. The molecule has 1 aliphatic rings. The summed E-state index contributed by atoms with van der Waals surface area (Å²) < 4.78 is 0. The molecule has 2 aromatic heterocycles. The van der Waals surface area contributed by atoms with Gasteiger partial charge >= 0.3 is 0 Å². The van der Waals surface area contributed by atoms with Gasteiger partial charge in [-0.15, -0.1) is 11.3 Å². The first-order chi connectivity index (χ1) is 12.5. The Hall–Kier alpha value is -3.33. The number of carbonyl (C=O) groups is 3. The van der Waals surface area contributed by atoms with Crippen LogP contribution in [0.5, 0.6) is 0 Å². The number of amides is 3. The Balaban J connectivity index is 1.43. The number of hydrogen-bond acceptors (Lipinski definition) is 6. The number of nitrogens with one attached hydrogen (secondary N) is 2. The Morgan fingerprint density at radius 2 is 1.85 bits per heavy atom. The molecule has 9 heteroatoms. The summed E-state index contributed by atoms with van der Waals surface area (Å²) in [7, 11) is 0. The molecular weight excluding hydrogens is 356 g/mol. The van der Waals surface area contributed by atoms with E-state index in [1.165, 1.54) is 17.7 Å². The van der Waals surface area contributed by atoms with Gasteiger partial charge < -0.3 is 10.3 Å². The summed E-state index contributed by atoms with van der Waals surface area (Å²) in [5, 5.41) is 3.12. The number of hydrogen-bond donors (Lipinski definition) is 2. The third kappa shape index (κ3) is 2.68. The quantitative estimate of drug-likeness (QED) is 0.665. The van der Waals surface area contributed by atoms with Crippen LogP contribution in [0.15, 0.2) is 41.5 Å². The van der Waals surface area contributed by atoms with E-state index in [0.29, 0.717) is 21.3 Å². The Morgan fingerprint density at radius 1 is 1.15 bits per heavy atom. The first kappa shape index (κ1) is 16.2. The van der Waals surface area contributed by atoms with Crippen LogP contribution in [-0.2, 0) is 11.3 Å². The minimum atomic E-state index is -0.474. The number of imide groups is 1. The minimum absolute atomic E-state index is 0.183. The van der Waals surface area contributed by atoms with Crippen molar-refractivity contribution in [1.29, 1.82) is 0 Å². The number of carbonyl (C=O) groups excluding carboxylic acids is 3. The average molecular weight is 368 g/mol. The van der Waals surface area contributed by atoms with E-state index < -0.39 is 17.7 Å². The molecule has 3 heterocycles. The molecule has 0 radical (unpaired) electrons. The summed E-state index contributed by atoms with van der Waals surface area (Å²) in [5.41, 5.74) is 0.370. The van der Waals surface area contributed by atoms with Crippen molar-refractivity contribution in [3.05, 3.63) is 63.0 Å². The lowest BCUT2D eigenvalue weighted by Crippen LogP contribution is -2.40. The van der Waals surface area contributed by atoms with Crippen molar-refractivity contribution in [2.45, 2.75) is 6.54 Å². The Kier molecular flexibility index (Phi) is 3.85. The van der Waals surface area contributed by atoms with Crippen molar-refractivity contribution >= 4 is 39.3 Å². The highest BCUT2D eigenvalue weighted by Crippen LogP contribution is 2.22. The fourth-order valence-corrected chi connectivity index (χ4v) is 3.71. The summed E-state index contributed by atoms with van der Waals surface area (Å²) in [5.74, 6) is -1.41. The largest absolute Gasteiger partial charge is 0.350 e. The molecule has 1 aromatic carbocycles. The predicted octanol–water partition coefficient (Wildman–Crippen LogP) is 0.897. The van der Waals surface area contributed by atoms with Crippen molar-refractivity contribution in [2.24, 2.45) is 0 Å². The van der Waals surface area contributed by atoms with Gasteiger partial charge in [0.1, 0.15) is 11.4 Å². The van der Waals surface area contributed by atoms with Crippen molar-refractivity contribution in [3.8, 4) is 0 Å². The van der Waals surface area contributed by atoms with Gasteiger partial charge in [-0.05, 0) is 18.2 Å². The number of aromatic nitrogens is 2. The Labute approximate surface area is 150 Å². The lowest BCUT2D eigenvalue weighted by atomic mass is 10.1. The first-order valence-electron chi connectivity index (χ1n) is 7.72. The van der Waals surface area contributed by atoms with E-state index in [1.54, 1.807) is 30.3 Å². The molecular formula is C17H12N4O4S. The van der Waals surface area contributed by atoms with Crippen LogP contribution in [0.4, 0.5) is 0 Å². The van der Waals surface area contributed by atoms with Gasteiger partial charge in [0.15, 0.2) is 0 Å². The standard InChI is InChI=1S/C17H12N4O4S/c22-13(7-21-16(24)10-3-1-2-4-11(10)17(21)25)18-6-9-5-12-14(23)19-8-20-15(12)26-9/h1-5,8H,6-7H2,(H,18,22)(H,19,20,23). The van der Waals surface area contributed by atoms with Crippen LogP contribution in [0.1, 0.15) is 25.6 Å². The Morgan fingerprint density at radius 3 is 2.50 bits per heavy atom. The maximum atomic E-state index is 12.3. The molecule has 0 spiro atoms. The molecule has 0 unspecified atom stereocenters. The summed E-state index contributed by atoms with van der Waals surface area (Å²) in [4.78, 5) is 57.2. The molecule has 0 atom stereocenters. The van der Waals surface area contributed by atoms with Gasteiger partial charge in [-0.3, -0.25) is 24.1 Å². The smallest absolute Gasteiger partial charge is 0.262 e. The number of benzene rings is 1. The Bertz CT molecular complexity index is 1080. The van der Waals surface area contributed by atoms with Crippen molar-refractivity contribution < 1.29 is 14.4 Å². The summed E-state index contributed by atoms with van der Waals surface area (Å²) >= 11 is 1.29. The highest BCUT2D eigenvalue weighted by Gasteiger charge is 2.36. The van der Waals surface area contributed by atoms with E-state index in [-0.39, 0.29) is 18.6 Å². The van der Waals surface area contributed by atoms with Gasteiger partial charge in [0.05, 0.1) is 29.4 Å². The molecule has 1 aliphatic heterocycles. The van der Waals surface area contributed by atoms with Gasteiger partial charge in [-0.2, -0.15) is 0 Å². The molecule has 0 fully saturated rings. The van der Waals surface area contributed by atoms with Crippen LogP contribution in [-0.4, -0.2) is 39.1 Å². The van der Waals surface area contributed by atoms with E-state index >= 15 is 0 Å². The maximum absolute atomic E-state index is 12.3. The highest BCUT2D eigenvalue weighted by molar-refractivity contribution is 7.18. The van der Waals surface area contributed by atoms with E-state index in [2.05, 4.69) is 15.3 Å². The van der Waals surface area contributed by atoms with Crippen LogP contribution in [0.3, 0.4) is 0 Å². The number of rotatable bonds is 4. The monoisotopic (exact) mass is 368 g/mol. The molecule has 3 amide bonds. The number of H-pyrrole nitrogens is 1. The molecule has 0 saturated carbocycles.